The number of benzene rings is 1. The number of rotatable bonds is 1. The zero-order valence-corrected chi connectivity index (χ0v) is 9.96. The Labute approximate surface area is 103 Å². The van der Waals surface area contributed by atoms with Crippen LogP contribution in [0.5, 0.6) is 0 Å². The van der Waals surface area contributed by atoms with Gasteiger partial charge >= 0.3 is 0 Å². The van der Waals surface area contributed by atoms with Crippen molar-refractivity contribution in [1.29, 1.82) is 0 Å². The molecule has 0 atom stereocenters. The fourth-order valence-corrected chi connectivity index (χ4v) is 1.86. The topological polar surface area (TPSA) is 39.8 Å². The van der Waals surface area contributed by atoms with E-state index in [1.807, 2.05) is 18.2 Å². The summed E-state index contributed by atoms with van der Waals surface area (Å²) in [7, 11) is 0. The van der Waals surface area contributed by atoms with E-state index in [2.05, 4.69) is 4.98 Å². The van der Waals surface area contributed by atoms with Crippen molar-refractivity contribution in [2.45, 2.75) is 6.92 Å². The minimum atomic E-state index is 0.108. The highest BCUT2D eigenvalue weighted by Crippen LogP contribution is 2.24. The SMILES string of the molecule is Cc1c(Cl)nc(Cl)c(-c2ccccc2)[n+]1[O-]. The molecule has 2 aromatic rings. The molecule has 1 aromatic heterocycles. The summed E-state index contributed by atoms with van der Waals surface area (Å²) in [5.74, 6) is 0. The van der Waals surface area contributed by atoms with Crippen molar-refractivity contribution < 1.29 is 4.73 Å². The molecule has 0 aliphatic heterocycles. The summed E-state index contributed by atoms with van der Waals surface area (Å²) in [5.41, 5.74) is 1.38. The predicted molar refractivity (Wildman–Crippen MR) is 63.4 cm³/mol. The van der Waals surface area contributed by atoms with Gasteiger partial charge in [-0.05, 0) is 12.1 Å². The molecule has 0 bridgehead atoms. The molecular weight excluding hydrogens is 247 g/mol. The van der Waals surface area contributed by atoms with E-state index in [1.54, 1.807) is 19.1 Å². The fraction of sp³-hybridized carbons (Fsp3) is 0.0909. The van der Waals surface area contributed by atoms with Crippen molar-refractivity contribution in [1.82, 2.24) is 4.98 Å². The molecule has 1 aromatic carbocycles. The molecule has 0 spiro atoms. The Balaban J connectivity index is 2.71. The number of nitrogens with zero attached hydrogens (tertiary/aromatic N) is 2. The molecule has 0 amide bonds. The number of halogens is 2. The molecule has 0 N–H and O–H groups in total. The van der Waals surface area contributed by atoms with Crippen molar-refractivity contribution in [2.75, 3.05) is 0 Å². The van der Waals surface area contributed by atoms with Gasteiger partial charge in [-0.3, -0.25) is 0 Å². The second-order valence-electron chi connectivity index (χ2n) is 3.29. The van der Waals surface area contributed by atoms with Gasteiger partial charge in [0.25, 0.3) is 5.69 Å². The quantitative estimate of drug-likeness (QED) is 0.580. The van der Waals surface area contributed by atoms with Crippen LogP contribution in [0.2, 0.25) is 10.3 Å². The van der Waals surface area contributed by atoms with Crippen LogP contribution in [0.3, 0.4) is 0 Å². The summed E-state index contributed by atoms with van der Waals surface area (Å²) in [6.45, 7) is 1.60. The Bertz CT molecular complexity index is 529. The lowest BCUT2D eigenvalue weighted by Gasteiger charge is -2.08. The third-order valence-corrected chi connectivity index (χ3v) is 2.87. The number of aromatic nitrogens is 2. The largest absolute Gasteiger partial charge is 0.618 e. The van der Waals surface area contributed by atoms with Crippen LogP contribution in [0, 0.1) is 12.1 Å². The molecule has 3 nitrogen and oxygen atoms in total. The van der Waals surface area contributed by atoms with Crippen LogP contribution in [0.4, 0.5) is 0 Å². The second kappa shape index (κ2) is 4.28. The van der Waals surface area contributed by atoms with Crippen molar-refractivity contribution in [3.05, 3.63) is 51.5 Å². The van der Waals surface area contributed by atoms with Gasteiger partial charge < -0.3 is 5.21 Å². The van der Waals surface area contributed by atoms with E-state index in [0.29, 0.717) is 16.1 Å². The first-order valence-corrected chi connectivity index (χ1v) is 5.37. The molecule has 0 aliphatic rings. The molecule has 0 radical (unpaired) electrons. The third kappa shape index (κ3) is 1.84. The molecule has 82 valence electrons. The Morgan fingerprint density at radius 3 is 2.38 bits per heavy atom. The molecule has 0 saturated heterocycles. The Morgan fingerprint density at radius 2 is 1.75 bits per heavy atom. The first-order valence-electron chi connectivity index (χ1n) is 4.62. The van der Waals surface area contributed by atoms with E-state index >= 15 is 0 Å². The van der Waals surface area contributed by atoms with Crippen LogP contribution in [-0.2, 0) is 0 Å². The summed E-state index contributed by atoms with van der Waals surface area (Å²) in [6, 6.07) is 9.11. The van der Waals surface area contributed by atoms with Gasteiger partial charge in [0.1, 0.15) is 0 Å². The monoisotopic (exact) mass is 254 g/mol. The molecule has 0 fully saturated rings. The van der Waals surface area contributed by atoms with E-state index in [-0.39, 0.29) is 10.3 Å². The maximum atomic E-state index is 11.9. The van der Waals surface area contributed by atoms with Crippen LogP contribution >= 0.6 is 23.2 Å². The zero-order valence-electron chi connectivity index (χ0n) is 8.45. The van der Waals surface area contributed by atoms with Gasteiger partial charge in [-0.25, -0.2) is 4.98 Å². The Hall–Kier alpha value is -1.32. The van der Waals surface area contributed by atoms with Crippen LogP contribution < -0.4 is 4.73 Å². The summed E-state index contributed by atoms with van der Waals surface area (Å²) < 4.78 is 0.701. The molecule has 0 unspecified atom stereocenters. The van der Waals surface area contributed by atoms with Gasteiger partial charge in [0, 0.05) is 6.92 Å². The molecule has 5 heteroatoms. The average Bonchev–Trinajstić information content (AvgIpc) is 2.28. The zero-order chi connectivity index (χ0) is 11.7. The normalized spacial score (nSPS) is 10.4. The van der Waals surface area contributed by atoms with Gasteiger partial charge in [0.15, 0.2) is 5.15 Å². The van der Waals surface area contributed by atoms with Crippen molar-refractivity contribution in [3.63, 3.8) is 0 Å². The highest BCUT2D eigenvalue weighted by atomic mass is 35.5. The lowest BCUT2D eigenvalue weighted by molar-refractivity contribution is -0.601. The fourth-order valence-electron chi connectivity index (χ4n) is 1.39. The lowest BCUT2D eigenvalue weighted by Crippen LogP contribution is -2.34. The van der Waals surface area contributed by atoms with Crippen molar-refractivity contribution in [3.8, 4) is 11.3 Å². The van der Waals surface area contributed by atoms with Gasteiger partial charge in [-0.1, -0.05) is 41.4 Å². The third-order valence-electron chi connectivity index (χ3n) is 2.25. The average molecular weight is 255 g/mol. The molecule has 16 heavy (non-hydrogen) atoms. The van der Waals surface area contributed by atoms with E-state index in [4.69, 9.17) is 23.2 Å². The van der Waals surface area contributed by atoms with Gasteiger partial charge in [-0.2, -0.15) is 4.73 Å². The molecule has 0 aliphatic carbocycles. The summed E-state index contributed by atoms with van der Waals surface area (Å²) >= 11 is 11.7. The van der Waals surface area contributed by atoms with Gasteiger partial charge in [0.2, 0.25) is 10.8 Å². The van der Waals surface area contributed by atoms with Crippen molar-refractivity contribution in [2.24, 2.45) is 0 Å². The van der Waals surface area contributed by atoms with Crippen LogP contribution in [0.1, 0.15) is 5.69 Å². The molecule has 0 saturated carbocycles. The van der Waals surface area contributed by atoms with Crippen LogP contribution in [0.25, 0.3) is 11.3 Å². The summed E-state index contributed by atoms with van der Waals surface area (Å²) in [6.07, 6.45) is 0. The van der Waals surface area contributed by atoms with E-state index < -0.39 is 0 Å². The van der Waals surface area contributed by atoms with Crippen LogP contribution in [0.15, 0.2) is 30.3 Å². The smallest absolute Gasteiger partial charge is 0.261 e. The van der Waals surface area contributed by atoms with Gasteiger partial charge in [0.05, 0.1) is 5.56 Å². The maximum absolute atomic E-state index is 11.9. The highest BCUT2D eigenvalue weighted by Gasteiger charge is 2.20. The van der Waals surface area contributed by atoms with E-state index in [1.165, 1.54) is 0 Å². The minimum Gasteiger partial charge on any atom is -0.618 e. The molecular formula is C11H8Cl2N2O. The Kier molecular flexibility index (Phi) is 2.99. The van der Waals surface area contributed by atoms with Crippen molar-refractivity contribution >= 4 is 23.2 Å². The number of hydrogen-bond donors (Lipinski definition) is 0. The minimum absolute atomic E-state index is 0.108. The maximum Gasteiger partial charge on any atom is 0.261 e. The predicted octanol–water partition coefficient (Wildman–Crippen LogP) is 3.00. The van der Waals surface area contributed by atoms with Crippen LogP contribution in [-0.4, -0.2) is 4.98 Å². The molecule has 2 rings (SSSR count). The first-order chi connectivity index (χ1) is 7.61. The standard InChI is InChI=1S/C11H8Cl2N2O/c1-7-10(12)14-11(13)9(15(7)16)8-5-3-2-4-6-8/h2-6H,1H3. The molecule has 1 heterocycles. The number of hydrogen-bond acceptors (Lipinski definition) is 2. The Morgan fingerprint density at radius 1 is 1.12 bits per heavy atom. The highest BCUT2D eigenvalue weighted by molar-refractivity contribution is 6.33. The van der Waals surface area contributed by atoms with Gasteiger partial charge in [-0.15, -0.1) is 0 Å². The first kappa shape index (κ1) is 11.2. The van der Waals surface area contributed by atoms with E-state index in [9.17, 15) is 5.21 Å². The lowest BCUT2D eigenvalue weighted by atomic mass is 10.1. The second-order valence-corrected chi connectivity index (χ2v) is 4.00. The summed E-state index contributed by atoms with van der Waals surface area (Å²) in [5, 5.41) is 12.2. The summed E-state index contributed by atoms with van der Waals surface area (Å²) in [4.78, 5) is 3.92. The van der Waals surface area contributed by atoms with E-state index in [0.717, 1.165) is 5.56 Å².